The van der Waals surface area contributed by atoms with E-state index in [1.54, 1.807) is 0 Å². The summed E-state index contributed by atoms with van der Waals surface area (Å²) in [7, 11) is -4.40. The number of allylic oxidation sites excluding steroid dienone is 20. The number of nitrogens with two attached hydrogens (primary N) is 1. The zero-order chi connectivity index (χ0) is 61.6. The lowest BCUT2D eigenvalue weighted by Gasteiger charge is -2.19. The Hall–Kier alpha value is -3.59. The third kappa shape index (κ3) is 69.4. The molecule has 2 unspecified atom stereocenters. The third-order valence-electron chi connectivity index (χ3n) is 14.8. The number of unbranched alkanes of at least 4 members (excludes halogenated alkanes) is 32. The molecule has 0 fully saturated rings. The van der Waals surface area contributed by atoms with Gasteiger partial charge in [0.2, 0.25) is 0 Å². The maximum atomic E-state index is 12.8. The second-order valence-corrected chi connectivity index (χ2v) is 24.5. The molecule has 85 heavy (non-hydrogen) atoms. The Morgan fingerprint density at radius 2 is 0.647 bits per heavy atom. The molecule has 0 aliphatic heterocycles. The van der Waals surface area contributed by atoms with Crippen molar-refractivity contribution < 1.29 is 37.6 Å². The lowest BCUT2D eigenvalue weighted by atomic mass is 10.0. The van der Waals surface area contributed by atoms with Crippen molar-refractivity contribution in [1.29, 1.82) is 0 Å². The van der Waals surface area contributed by atoms with Gasteiger partial charge in [-0.1, -0.05) is 309 Å². The molecule has 0 aromatic heterocycles. The van der Waals surface area contributed by atoms with Gasteiger partial charge < -0.3 is 20.1 Å². The number of hydrogen-bond donors (Lipinski definition) is 2. The molecule has 0 bridgehead atoms. The summed E-state index contributed by atoms with van der Waals surface area (Å²) in [6.07, 6.45) is 97.1. The minimum atomic E-state index is -4.40. The molecule has 0 aromatic carbocycles. The number of hydrogen-bond acceptors (Lipinski definition) is 8. The van der Waals surface area contributed by atoms with E-state index >= 15 is 0 Å². The summed E-state index contributed by atoms with van der Waals surface area (Å²) in [5.41, 5.74) is 5.40. The van der Waals surface area contributed by atoms with Gasteiger partial charge in [0.1, 0.15) is 6.61 Å². The van der Waals surface area contributed by atoms with E-state index in [0.717, 1.165) is 103 Å². The Bertz CT molecular complexity index is 1810. The van der Waals surface area contributed by atoms with Crippen molar-refractivity contribution in [2.45, 2.75) is 315 Å². The van der Waals surface area contributed by atoms with Crippen LogP contribution in [0.5, 0.6) is 0 Å². The third-order valence-corrected chi connectivity index (χ3v) is 15.8. The van der Waals surface area contributed by atoms with Crippen LogP contribution in [0.1, 0.15) is 309 Å². The number of phosphoric acid groups is 1. The average molecular weight is 1200 g/mol. The van der Waals surface area contributed by atoms with Gasteiger partial charge >= 0.3 is 19.8 Å². The van der Waals surface area contributed by atoms with E-state index in [1.165, 1.54) is 173 Å². The first-order valence-corrected chi connectivity index (χ1v) is 36.5. The highest BCUT2D eigenvalue weighted by Crippen LogP contribution is 2.43. The summed E-state index contributed by atoms with van der Waals surface area (Å²) in [5.74, 6) is -0.827. The summed E-state index contributed by atoms with van der Waals surface area (Å²) in [4.78, 5) is 35.4. The van der Waals surface area contributed by atoms with Crippen molar-refractivity contribution in [2.24, 2.45) is 5.73 Å². The molecule has 0 amide bonds. The summed E-state index contributed by atoms with van der Waals surface area (Å²) >= 11 is 0. The Morgan fingerprint density at radius 3 is 0.965 bits per heavy atom. The van der Waals surface area contributed by atoms with Crippen LogP contribution < -0.4 is 5.73 Å². The van der Waals surface area contributed by atoms with E-state index in [0.29, 0.717) is 6.42 Å². The van der Waals surface area contributed by atoms with Gasteiger partial charge in [-0.3, -0.25) is 18.6 Å². The SMILES string of the molecule is CC/C=C\C/C=C\C/C=C\C/C=C\C/C=C\C/C=C\C/C=C\CCCCCCCCCCCCCCCCCCCC(=O)OC(COC(=O)CCCCCCCCCCCC/C=C\C/C=C\C/C=C\CCCCCCC)COP(=O)(O)OCCN. The molecule has 0 rings (SSSR count). The quantitative estimate of drug-likeness (QED) is 0.0264. The number of phosphoric ester groups is 1. The predicted octanol–water partition coefficient (Wildman–Crippen LogP) is 23.1. The van der Waals surface area contributed by atoms with Gasteiger partial charge in [-0.25, -0.2) is 4.57 Å². The topological polar surface area (TPSA) is 134 Å². The molecule has 488 valence electrons. The molecule has 0 aliphatic rings. The minimum Gasteiger partial charge on any atom is -0.462 e. The maximum Gasteiger partial charge on any atom is 0.472 e. The Labute approximate surface area is 523 Å². The van der Waals surface area contributed by atoms with Gasteiger partial charge in [-0.15, -0.1) is 0 Å². The minimum absolute atomic E-state index is 0.0494. The standard InChI is InChI=1S/C75H130NO8P/c1-3-5-7-9-11-13-15-17-19-21-23-25-27-29-30-31-32-33-34-35-36-37-38-39-40-41-42-44-46-48-50-52-54-56-58-60-62-64-66-68-75(78)84-73(72-83-85(79,80)82-70-69-76)71-81-74(77)67-65-63-61-59-57-55-53-51-49-47-45-43-28-26-24-22-20-18-16-14-12-10-8-6-4-2/h5,7,11,13,16-19,22-25,28-30,32-33,35-36,43,73H,3-4,6,8-10,12,14-15,20-21,26-27,31,34,37-42,44-72,76H2,1-2H3,(H,79,80)/b7-5-,13-11-,18-16-,19-17-,24-22-,25-23-,30-29-,33-32-,36-35-,43-28-. The average Bonchev–Trinajstić information content (AvgIpc) is 3.53. The first-order chi connectivity index (χ1) is 41.8. The number of ether oxygens (including phenoxy) is 2. The largest absolute Gasteiger partial charge is 0.472 e. The van der Waals surface area contributed by atoms with E-state index in [1.807, 2.05) is 0 Å². The fourth-order valence-electron chi connectivity index (χ4n) is 9.68. The summed E-state index contributed by atoms with van der Waals surface area (Å²) in [6, 6.07) is 0. The van der Waals surface area contributed by atoms with Crippen LogP contribution in [-0.2, 0) is 32.7 Å². The Balaban J connectivity index is 3.88. The molecular weight excluding hydrogens is 1070 g/mol. The van der Waals surface area contributed by atoms with Crippen LogP contribution in [0.15, 0.2) is 122 Å². The van der Waals surface area contributed by atoms with Gasteiger partial charge in [0.05, 0.1) is 13.2 Å². The first-order valence-electron chi connectivity index (χ1n) is 35.0. The van der Waals surface area contributed by atoms with Gasteiger partial charge in [0.15, 0.2) is 6.10 Å². The van der Waals surface area contributed by atoms with Crippen LogP contribution in [0.2, 0.25) is 0 Å². The van der Waals surface area contributed by atoms with Crippen LogP contribution >= 0.6 is 7.82 Å². The van der Waals surface area contributed by atoms with Crippen molar-refractivity contribution in [1.82, 2.24) is 0 Å². The van der Waals surface area contributed by atoms with Crippen LogP contribution in [-0.4, -0.2) is 49.3 Å². The van der Waals surface area contributed by atoms with Crippen LogP contribution in [0.3, 0.4) is 0 Å². The molecule has 0 saturated heterocycles. The first kappa shape index (κ1) is 81.4. The molecular formula is C75H130NO8P. The molecule has 9 nitrogen and oxygen atoms in total. The van der Waals surface area contributed by atoms with Crippen molar-refractivity contribution >= 4 is 19.8 Å². The molecule has 0 spiro atoms. The molecule has 0 aliphatic carbocycles. The van der Waals surface area contributed by atoms with Gasteiger partial charge in [-0.2, -0.15) is 0 Å². The van der Waals surface area contributed by atoms with Crippen molar-refractivity contribution in [3.05, 3.63) is 122 Å². The number of carbonyl (C=O) groups excluding carboxylic acids is 2. The summed E-state index contributed by atoms with van der Waals surface area (Å²) in [5, 5.41) is 0. The fourth-order valence-corrected chi connectivity index (χ4v) is 10.5. The highest BCUT2D eigenvalue weighted by atomic mass is 31.2. The summed E-state index contributed by atoms with van der Waals surface area (Å²) < 4.78 is 33.2. The maximum absolute atomic E-state index is 12.8. The molecule has 0 radical (unpaired) electrons. The molecule has 0 aromatic rings. The lowest BCUT2D eigenvalue weighted by Crippen LogP contribution is -2.29. The van der Waals surface area contributed by atoms with Gasteiger partial charge in [0.25, 0.3) is 0 Å². The molecule has 0 heterocycles. The fraction of sp³-hybridized carbons (Fsp3) is 0.707. The van der Waals surface area contributed by atoms with Gasteiger partial charge in [0, 0.05) is 19.4 Å². The number of esters is 2. The van der Waals surface area contributed by atoms with Crippen LogP contribution in [0, 0.1) is 0 Å². The normalized spacial score (nSPS) is 13.7. The number of rotatable bonds is 65. The highest BCUT2D eigenvalue weighted by molar-refractivity contribution is 7.47. The zero-order valence-corrected chi connectivity index (χ0v) is 55.7. The Kier molecular flexibility index (Phi) is 66.6. The van der Waals surface area contributed by atoms with E-state index in [2.05, 4.69) is 135 Å². The van der Waals surface area contributed by atoms with Crippen molar-refractivity contribution in [3.8, 4) is 0 Å². The van der Waals surface area contributed by atoms with Crippen LogP contribution in [0.4, 0.5) is 0 Å². The number of carbonyl (C=O) groups is 2. The monoisotopic (exact) mass is 1200 g/mol. The summed E-state index contributed by atoms with van der Waals surface area (Å²) in [6.45, 7) is 3.64. The molecule has 2 atom stereocenters. The molecule has 3 N–H and O–H groups in total. The predicted molar refractivity (Wildman–Crippen MR) is 367 cm³/mol. The Morgan fingerprint density at radius 1 is 0.365 bits per heavy atom. The molecule has 10 heteroatoms. The van der Waals surface area contributed by atoms with E-state index in [-0.39, 0.29) is 38.6 Å². The van der Waals surface area contributed by atoms with E-state index in [9.17, 15) is 19.0 Å². The van der Waals surface area contributed by atoms with Crippen molar-refractivity contribution in [3.63, 3.8) is 0 Å². The van der Waals surface area contributed by atoms with E-state index < -0.39 is 26.5 Å². The second kappa shape index (κ2) is 69.5. The zero-order valence-electron chi connectivity index (χ0n) is 54.8. The second-order valence-electron chi connectivity index (χ2n) is 23.0. The lowest BCUT2D eigenvalue weighted by molar-refractivity contribution is -0.161. The van der Waals surface area contributed by atoms with Crippen LogP contribution in [0.25, 0.3) is 0 Å². The van der Waals surface area contributed by atoms with Crippen molar-refractivity contribution in [2.75, 3.05) is 26.4 Å². The smallest absolute Gasteiger partial charge is 0.462 e. The molecule has 0 saturated carbocycles. The van der Waals surface area contributed by atoms with Gasteiger partial charge in [-0.05, 0) is 109 Å². The van der Waals surface area contributed by atoms with E-state index in [4.69, 9.17) is 24.3 Å². The highest BCUT2D eigenvalue weighted by Gasteiger charge is 2.26.